The zero-order chi connectivity index (χ0) is 13.3. The molecule has 1 aliphatic carbocycles. The first-order valence-electron chi connectivity index (χ1n) is 6.27. The summed E-state index contributed by atoms with van der Waals surface area (Å²) in [6.07, 6.45) is 2.87. The van der Waals surface area contributed by atoms with Crippen LogP contribution in [-0.2, 0) is 4.74 Å². The van der Waals surface area contributed by atoms with E-state index < -0.39 is 5.60 Å². The average molecular weight is 243 g/mol. The second-order valence-electron chi connectivity index (χ2n) is 6.24. The van der Waals surface area contributed by atoms with Crippen LogP contribution in [0.25, 0.3) is 0 Å². The maximum absolute atomic E-state index is 11.9. The van der Waals surface area contributed by atoms with E-state index in [9.17, 15) is 9.90 Å². The predicted octanol–water partition coefficient (Wildman–Crippen LogP) is 2.55. The third-order valence-corrected chi connectivity index (χ3v) is 3.49. The standard InChI is InChI=1S/C13H25NO3/c1-12(2,3)14(11(15)17-5)10-6-8-13(4,16)9-7-10/h10,16H,6-9H2,1-5H3. The molecule has 1 fully saturated rings. The Morgan fingerprint density at radius 1 is 1.35 bits per heavy atom. The number of carbonyl (C=O) groups excluding carboxylic acids is 1. The first kappa shape index (κ1) is 14.3. The van der Waals surface area contributed by atoms with Crippen molar-refractivity contribution in [2.75, 3.05) is 7.11 Å². The fraction of sp³-hybridized carbons (Fsp3) is 0.923. The lowest BCUT2D eigenvalue weighted by Crippen LogP contribution is -2.53. The molecule has 0 aliphatic heterocycles. The summed E-state index contributed by atoms with van der Waals surface area (Å²) in [4.78, 5) is 13.7. The average Bonchev–Trinajstić information content (AvgIpc) is 2.18. The number of aliphatic hydroxyl groups is 1. The second-order valence-corrected chi connectivity index (χ2v) is 6.24. The van der Waals surface area contributed by atoms with E-state index in [0.717, 1.165) is 25.7 Å². The van der Waals surface area contributed by atoms with Crippen molar-refractivity contribution >= 4 is 6.09 Å². The van der Waals surface area contributed by atoms with Gasteiger partial charge in [-0.25, -0.2) is 4.79 Å². The Labute approximate surface area is 104 Å². The second kappa shape index (κ2) is 4.84. The lowest BCUT2D eigenvalue weighted by molar-refractivity contribution is -0.0208. The van der Waals surface area contributed by atoms with E-state index in [4.69, 9.17) is 4.74 Å². The Morgan fingerprint density at radius 3 is 2.18 bits per heavy atom. The molecule has 0 radical (unpaired) electrons. The van der Waals surface area contributed by atoms with Crippen molar-refractivity contribution in [2.24, 2.45) is 0 Å². The van der Waals surface area contributed by atoms with Gasteiger partial charge < -0.3 is 14.7 Å². The van der Waals surface area contributed by atoms with Gasteiger partial charge in [-0.3, -0.25) is 0 Å². The van der Waals surface area contributed by atoms with E-state index in [0.29, 0.717) is 0 Å². The van der Waals surface area contributed by atoms with E-state index in [1.54, 1.807) is 0 Å². The molecule has 0 aromatic carbocycles. The Hall–Kier alpha value is -0.770. The molecule has 17 heavy (non-hydrogen) atoms. The molecule has 0 heterocycles. The van der Waals surface area contributed by atoms with E-state index >= 15 is 0 Å². The minimum atomic E-state index is -0.573. The van der Waals surface area contributed by atoms with Gasteiger partial charge in [-0.05, 0) is 53.4 Å². The molecule has 1 saturated carbocycles. The molecule has 1 N–H and O–H groups in total. The smallest absolute Gasteiger partial charge is 0.410 e. The van der Waals surface area contributed by atoms with Crippen molar-refractivity contribution < 1.29 is 14.6 Å². The third-order valence-electron chi connectivity index (χ3n) is 3.49. The molecule has 1 rings (SSSR count). The van der Waals surface area contributed by atoms with Gasteiger partial charge in [0.15, 0.2) is 0 Å². The van der Waals surface area contributed by atoms with Crippen LogP contribution in [0.5, 0.6) is 0 Å². The molecule has 0 bridgehead atoms. The van der Waals surface area contributed by atoms with Gasteiger partial charge in [-0.1, -0.05) is 0 Å². The summed E-state index contributed by atoms with van der Waals surface area (Å²) in [5.41, 5.74) is -0.822. The molecule has 0 aromatic heterocycles. The van der Waals surface area contributed by atoms with Crippen molar-refractivity contribution in [3.05, 3.63) is 0 Å². The molecule has 0 atom stereocenters. The molecular formula is C13H25NO3. The molecule has 0 saturated heterocycles. The highest BCUT2D eigenvalue weighted by molar-refractivity contribution is 5.68. The van der Waals surface area contributed by atoms with E-state index in [1.807, 2.05) is 32.6 Å². The van der Waals surface area contributed by atoms with Crippen LogP contribution in [-0.4, -0.2) is 40.4 Å². The number of rotatable bonds is 1. The van der Waals surface area contributed by atoms with Crippen LogP contribution >= 0.6 is 0 Å². The number of nitrogens with zero attached hydrogens (tertiary/aromatic N) is 1. The fourth-order valence-electron chi connectivity index (χ4n) is 2.55. The monoisotopic (exact) mass is 243 g/mol. The number of amides is 1. The largest absolute Gasteiger partial charge is 0.453 e. The summed E-state index contributed by atoms with van der Waals surface area (Å²) in [7, 11) is 1.42. The quantitative estimate of drug-likeness (QED) is 0.770. The summed E-state index contributed by atoms with van der Waals surface area (Å²) in [6, 6.07) is 0.169. The zero-order valence-corrected chi connectivity index (χ0v) is 11.6. The van der Waals surface area contributed by atoms with Crippen molar-refractivity contribution in [1.82, 2.24) is 4.90 Å². The summed E-state index contributed by atoms with van der Waals surface area (Å²) in [5, 5.41) is 9.94. The van der Waals surface area contributed by atoms with Crippen LogP contribution in [0.4, 0.5) is 4.79 Å². The molecule has 4 heteroatoms. The maximum Gasteiger partial charge on any atom is 0.410 e. The molecule has 0 aromatic rings. The number of ether oxygens (including phenoxy) is 1. The van der Waals surface area contributed by atoms with Gasteiger partial charge in [0.25, 0.3) is 0 Å². The summed E-state index contributed by atoms with van der Waals surface area (Å²) >= 11 is 0. The SMILES string of the molecule is COC(=O)N(C1CCC(C)(O)CC1)C(C)(C)C. The highest BCUT2D eigenvalue weighted by atomic mass is 16.5. The molecule has 1 aliphatic rings. The normalized spacial score (nSPS) is 29.9. The zero-order valence-electron chi connectivity index (χ0n) is 11.6. The third kappa shape index (κ3) is 3.60. The topological polar surface area (TPSA) is 49.8 Å². The van der Waals surface area contributed by atoms with Gasteiger partial charge in [-0.2, -0.15) is 0 Å². The van der Waals surface area contributed by atoms with Crippen molar-refractivity contribution in [2.45, 2.75) is 70.6 Å². The van der Waals surface area contributed by atoms with Crippen LogP contribution in [0.3, 0.4) is 0 Å². The van der Waals surface area contributed by atoms with Crippen LogP contribution in [0, 0.1) is 0 Å². The van der Waals surface area contributed by atoms with Crippen LogP contribution < -0.4 is 0 Å². The number of hydrogen-bond donors (Lipinski definition) is 1. The van der Waals surface area contributed by atoms with Gasteiger partial charge in [0.1, 0.15) is 0 Å². The molecule has 4 nitrogen and oxygen atoms in total. The van der Waals surface area contributed by atoms with E-state index in [2.05, 4.69) is 0 Å². The summed E-state index contributed by atoms with van der Waals surface area (Å²) < 4.78 is 4.87. The molecule has 0 unspecified atom stereocenters. The van der Waals surface area contributed by atoms with Crippen molar-refractivity contribution in [3.63, 3.8) is 0 Å². The molecule has 100 valence electrons. The number of methoxy groups -OCH3 is 1. The summed E-state index contributed by atoms with van der Waals surface area (Å²) in [5.74, 6) is 0. The molecular weight excluding hydrogens is 218 g/mol. The maximum atomic E-state index is 11.9. The highest BCUT2D eigenvalue weighted by Crippen LogP contribution is 2.33. The van der Waals surface area contributed by atoms with E-state index in [1.165, 1.54) is 7.11 Å². The minimum Gasteiger partial charge on any atom is -0.453 e. The lowest BCUT2D eigenvalue weighted by Gasteiger charge is -2.44. The Balaban J connectivity index is 2.77. The van der Waals surface area contributed by atoms with Crippen molar-refractivity contribution in [1.29, 1.82) is 0 Å². The first-order valence-corrected chi connectivity index (χ1v) is 6.27. The first-order chi connectivity index (χ1) is 7.67. The lowest BCUT2D eigenvalue weighted by atomic mass is 9.82. The molecule has 0 spiro atoms. The Morgan fingerprint density at radius 2 is 1.82 bits per heavy atom. The van der Waals surface area contributed by atoms with E-state index in [-0.39, 0.29) is 17.7 Å². The molecule has 1 amide bonds. The summed E-state index contributed by atoms with van der Waals surface area (Å²) in [6.45, 7) is 7.90. The predicted molar refractivity (Wildman–Crippen MR) is 66.9 cm³/mol. The number of carbonyl (C=O) groups is 1. The Bertz CT molecular complexity index is 271. The highest BCUT2D eigenvalue weighted by Gasteiger charge is 2.38. The van der Waals surface area contributed by atoms with Crippen LogP contribution in [0.15, 0.2) is 0 Å². The van der Waals surface area contributed by atoms with Crippen molar-refractivity contribution in [3.8, 4) is 0 Å². The van der Waals surface area contributed by atoms with Gasteiger partial charge in [0.05, 0.1) is 12.7 Å². The van der Waals surface area contributed by atoms with Gasteiger partial charge in [0.2, 0.25) is 0 Å². The van der Waals surface area contributed by atoms with Gasteiger partial charge in [0, 0.05) is 11.6 Å². The van der Waals surface area contributed by atoms with Gasteiger partial charge >= 0.3 is 6.09 Å². The van der Waals surface area contributed by atoms with Crippen LogP contribution in [0.2, 0.25) is 0 Å². The minimum absolute atomic E-state index is 0.169. The fourth-order valence-corrected chi connectivity index (χ4v) is 2.55. The van der Waals surface area contributed by atoms with Gasteiger partial charge in [-0.15, -0.1) is 0 Å². The Kier molecular flexibility index (Phi) is 4.07. The number of hydrogen-bond acceptors (Lipinski definition) is 3. The van der Waals surface area contributed by atoms with Crippen LogP contribution in [0.1, 0.15) is 53.4 Å².